The van der Waals surface area contributed by atoms with Gasteiger partial charge in [0.1, 0.15) is 5.82 Å². The Morgan fingerprint density at radius 3 is 2.47 bits per heavy atom. The van der Waals surface area contributed by atoms with Crippen LogP contribution < -0.4 is 10.6 Å². The zero-order valence-corrected chi connectivity index (χ0v) is 12.2. The Morgan fingerprint density at radius 1 is 1.26 bits per heavy atom. The van der Waals surface area contributed by atoms with Crippen LogP contribution >= 0.6 is 0 Å². The van der Waals surface area contributed by atoms with E-state index in [1.165, 1.54) is 25.7 Å². The molecule has 0 atom stereocenters. The molecule has 2 rings (SSSR count). The molecule has 2 heterocycles. The minimum Gasteiger partial charge on any atom is -0.339 e. The van der Waals surface area contributed by atoms with Crippen molar-refractivity contribution >= 4 is 5.95 Å². The van der Waals surface area contributed by atoms with E-state index in [0.717, 1.165) is 37.7 Å². The molecule has 108 valence electrons. The summed E-state index contributed by atoms with van der Waals surface area (Å²) in [6, 6.07) is 0.350. The van der Waals surface area contributed by atoms with Crippen molar-refractivity contribution in [2.45, 2.75) is 64.3 Å². The third kappa shape index (κ3) is 3.69. The molecule has 0 amide bonds. The fourth-order valence-electron chi connectivity index (χ4n) is 2.80. The van der Waals surface area contributed by atoms with E-state index in [4.69, 9.17) is 10.7 Å². The van der Waals surface area contributed by atoms with Gasteiger partial charge >= 0.3 is 0 Å². The predicted octanol–water partition coefficient (Wildman–Crippen LogP) is 2.42. The quantitative estimate of drug-likeness (QED) is 0.828. The molecule has 0 bridgehead atoms. The molecule has 19 heavy (non-hydrogen) atoms. The van der Waals surface area contributed by atoms with Crippen LogP contribution in [0.1, 0.15) is 64.1 Å². The van der Waals surface area contributed by atoms with Gasteiger partial charge in [-0.3, -0.25) is 5.10 Å². The molecular formula is C14H27N5. The van der Waals surface area contributed by atoms with Crippen molar-refractivity contribution in [3.8, 4) is 0 Å². The van der Waals surface area contributed by atoms with Crippen molar-refractivity contribution in [1.82, 2.24) is 15.2 Å². The van der Waals surface area contributed by atoms with Crippen molar-refractivity contribution in [3.63, 3.8) is 0 Å². The van der Waals surface area contributed by atoms with E-state index in [9.17, 15) is 0 Å². The zero-order chi connectivity index (χ0) is 13.7. The number of rotatable bonds is 6. The van der Waals surface area contributed by atoms with Crippen LogP contribution in [0, 0.1) is 0 Å². The van der Waals surface area contributed by atoms with E-state index < -0.39 is 0 Å². The highest BCUT2D eigenvalue weighted by Gasteiger charge is 2.21. The van der Waals surface area contributed by atoms with Crippen LogP contribution in [0.5, 0.6) is 0 Å². The van der Waals surface area contributed by atoms with Crippen molar-refractivity contribution in [2.24, 2.45) is 5.73 Å². The van der Waals surface area contributed by atoms with Gasteiger partial charge in [0.2, 0.25) is 5.95 Å². The zero-order valence-electron chi connectivity index (χ0n) is 12.2. The largest absolute Gasteiger partial charge is 0.339 e. The molecule has 1 aliphatic rings. The van der Waals surface area contributed by atoms with Gasteiger partial charge in [-0.05, 0) is 25.7 Å². The third-order valence-corrected chi connectivity index (χ3v) is 3.97. The standard InChI is InChI=1S/C14H27N5/c1-3-5-11(6-4-2)13-16-14(18-17-13)19-9-7-12(15)8-10-19/h11-12H,3-10,15H2,1-2H3,(H,16,17,18). The molecular weight excluding hydrogens is 238 g/mol. The van der Waals surface area contributed by atoms with Gasteiger partial charge in [0.05, 0.1) is 0 Å². The Balaban J connectivity index is 2.00. The molecule has 0 spiro atoms. The van der Waals surface area contributed by atoms with Crippen LogP contribution in [0.15, 0.2) is 0 Å². The minimum atomic E-state index is 0.350. The minimum absolute atomic E-state index is 0.350. The van der Waals surface area contributed by atoms with Crippen LogP contribution in [0.3, 0.4) is 0 Å². The average Bonchev–Trinajstić information content (AvgIpc) is 2.89. The van der Waals surface area contributed by atoms with Crippen LogP contribution in [0.25, 0.3) is 0 Å². The topological polar surface area (TPSA) is 70.8 Å². The summed E-state index contributed by atoms with van der Waals surface area (Å²) < 4.78 is 0. The monoisotopic (exact) mass is 265 g/mol. The highest BCUT2D eigenvalue weighted by Crippen LogP contribution is 2.25. The molecule has 0 aromatic carbocycles. The highest BCUT2D eigenvalue weighted by atomic mass is 15.4. The Labute approximate surface area is 116 Å². The maximum atomic E-state index is 5.93. The summed E-state index contributed by atoms with van der Waals surface area (Å²) in [6.07, 6.45) is 6.84. The summed E-state index contributed by atoms with van der Waals surface area (Å²) in [7, 11) is 0. The summed E-state index contributed by atoms with van der Waals surface area (Å²) in [4.78, 5) is 6.96. The number of aromatic amines is 1. The lowest BCUT2D eigenvalue weighted by Crippen LogP contribution is -2.40. The Morgan fingerprint density at radius 2 is 1.89 bits per heavy atom. The number of H-pyrrole nitrogens is 1. The number of nitrogens with two attached hydrogens (primary N) is 1. The molecule has 5 heteroatoms. The Kier molecular flexibility index (Phi) is 5.19. The fourth-order valence-corrected chi connectivity index (χ4v) is 2.80. The number of anilines is 1. The summed E-state index contributed by atoms with van der Waals surface area (Å²) in [5.74, 6) is 2.45. The second-order valence-electron chi connectivity index (χ2n) is 5.62. The van der Waals surface area contributed by atoms with Gasteiger partial charge in [-0.2, -0.15) is 4.98 Å². The van der Waals surface area contributed by atoms with Crippen molar-refractivity contribution in [3.05, 3.63) is 5.82 Å². The number of aromatic nitrogens is 3. The van der Waals surface area contributed by atoms with Gasteiger partial charge in [0.25, 0.3) is 0 Å². The van der Waals surface area contributed by atoms with Crippen LogP contribution in [0.4, 0.5) is 5.95 Å². The molecule has 0 aliphatic carbocycles. The third-order valence-electron chi connectivity index (χ3n) is 3.97. The molecule has 1 fully saturated rings. The lowest BCUT2D eigenvalue weighted by molar-refractivity contribution is 0.495. The second kappa shape index (κ2) is 6.89. The highest BCUT2D eigenvalue weighted by molar-refractivity contribution is 5.30. The van der Waals surface area contributed by atoms with E-state index in [1.807, 2.05) is 0 Å². The summed E-state index contributed by atoms with van der Waals surface area (Å²) in [5.41, 5.74) is 5.93. The number of hydrogen-bond acceptors (Lipinski definition) is 4. The van der Waals surface area contributed by atoms with Gasteiger partial charge in [-0.1, -0.05) is 26.7 Å². The molecule has 0 saturated carbocycles. The summed E-state index contributed by atoms with van der Waals surface area (Å²) >= 11 is 0. The molecule has 1 aliphatic heterocycles. The lowest BCUT2D eigenvalue weighted by atomic mass is 9.98. The van der Waals surface area contributed by atoms with Crippen LogP contribution in [0.2, 0.25) is 0 Å². The molecule has 1 saturated heterocycles. The summed E-state index contributed by atoms with van der Waals surface area (Å²) in [6.45, 7) is 6.41. The fraction of sp³-hybridized carbons (Fsp3) is 0.857. The molecule has 1 aromatic heterocycles. The smallest absolute Gasteiger partial charge is 0.244 e. The Bertz CT molecular complexity index is 362. The van der Waals surface area contributed by atoms with E-state index in [1.54, 1.807) is 0 Å². The van der Waals surface area contributed by atoms with E-state index >= 15 is 0 Å². The van der Waals surface area contributed by atoms with E-state index in [2.05, 4.69) is 28.9 Å². The lowest BCUT2D eigenvalue weighted by Gasteiger charge is -2.28. The first-order valence-electron chi connectivity index (χ1n) is 7.67. The van der Waals surface area contributed by atoms with Crippen LogP contribution in [-0.2, 0) is 0 Å². The first-order valence-corrected chi connectivity index (χ1v) is 7.67. The van der Waals surface area contributed by atoms with Gasteiger partial charge < -0.3 is 10.6 Å². The number of hydrogen-bond donors (Lipinski definition) is 2. The van der Waals surface area contributed by atoms with Crippen molar-refractivity contribution in [1.29, 1.82) is 0 Å². The van der Waals surface area contributed by atoms with E-state index in [-0.39, 0.29) is 0 Å². The molecule has 5 nitrogen and oxygen atoms in total. The van der Waals surface area contributed by atoms with Gasteiger partial charge in [0.15, 0.2) is 0 Å². The normalized spacial score (nSPS) is 17.4. The van der Waals surface area contributed by atoms with Gasteiger partial charge in [-0.25, -0.2) is 0 Å². The van der Waals surface area contributed by atoms with E-state index in [0.29, 0.717) is 12.0 Å². The Hall–Kier alpha value is -1.10. The van der Waals surface area contributed by atoms with Crippen LogP contribution in [-0.4, -0.2) is 34.3 Å². The SMILES string of the molecule is CCCC(CCC)c1nc(N2CCC(N)CC2)n[nH]1. The first-order chi connectivity index (χ1) is 9.24. The molecule has 3 N–H and O–H groups in total. The maximum absolute atomic E-state index is 5.93. The molecule has 1 aromatic rings. The second-order valence-corrected chi connectivity index (χ2v) is 5.62. The summed E-state index contributed by atoms with van der Waals surface area (Å²) in [5, 5.41) is 7.55. The molecule has 0 radical (unpaired) electrons. The first kappa shape index (κ1) is 14.3. The number of piperidine rings is 1. The van der Waals surface area contributed by atoms with Crippen molar-refractivity contribution in [2.75, 3.05) is 18.0 Å². The van der Waals surface area contributed by atoms with Gasteiger partial charge in [0, 0.05) is 25.0 Å². The maximum Gasteiger partial charge on any atom is 0.244 e. The number of nitrogens with zero attached hydrogens (tertiary/aromatic N) is 3. The van der Waals surface area contributed by atoms with Gasteiger partial charge in [-0.15, -0.1) is 5.10 Å². The predicted molar refractivity (Wildman–Crippen MR) is 78.4 cm³/mol. The molecule has 0 unspecified atom stereocenters. The average molecular weight is 265 g/mol. The van der Waals surface area contributed by atoms with Crippen molar-refractivity contribution < 1.29 is 0 Å². The number of nitrogens with one attached hydrogen (secondary N) is 1.